The Labute approximate surface area is 180 Å². The molecule has 4 rings (SSSR count). The highest BCUT2D eigenvalue weighted by atomic mass is 32.1. The van der Waals surface area contributed by atoms with Crippen LogP contribution in [0, 0.1) is 10.1 Å². The molecule has 0 aliphatic carbocycles. The molecule has 0 saturated heterocycles. The van der Waals surface area contributed by atoms with Crippen LogP contribution in [0.1, 0.15) is 46.0 Å². The topological polar surface area (TPSA) is 123 Å². The summed E-state index contributed by atoms with van der Waals surface area (Å²) in [7, 11) is 0. The van der Waals surface area contributed by atoms with E-state index in [9.17, 15) is 24.5 Å². The van der Waals surface area contributed by atoms with Gasteiger partial charge in [-0.05, 0) is 36.6 Å². The Bertz CT molecular complexity index is 1240. The van der Waals surface area contributed by atoms with Crippen molar-refractivity contribution >= 4 is 50.1 Å². The molecule has 0 radical (unpaired) electrons. The molecule has 31 heavy (non-hydrogen) atoms. The van der Waals surface area contributed by atoms with Crippen LogP contribution in [0.2, 0.25) is 0 Å². The maximum atomic E-state index is 12.5. The van der Waals surface area contributed by atoms with Crippen LogP contribution in [0.3, 0.4) is 0 Å². The number of rotatable bonds is 7. The monoisotopic (exact) mass is 438 g/mol. The predicted molar refractivity (Wildman–Crippen MR) is 115 cm³/mol. The van der Waals surface area contributed by atoms with Crippen molar-refractivity contribution in [2.75, 3.05) is 11.9 Å². The maximum absolute atomic E-state index is 12.5. The molecule has 0 unspecified atom stereocenters. The summed E-state index contributed by atoms with van der Waals surface area (Å²) in [6.45, 7) is 2.06. The lowest BCUT2D eigenvalue weighted by atomic mass is 10.1. The number of thiazole rings is 1. The molecule has 9 nitrogen and oxygen atoms in total. The number of aromatic nitrogens is 1. The summed E-state index contributed by atoms with van der Waals surface area (Å²) < 4.78 is 0.988. The highest BCUT2D eigenvalue weighted by molar-refractivity contribution is 7.22. The fourth-order valence-corrected chi connectivity index (χ4v) is 4.44. The summed E-state index contributed by atoms with van der Waals surface area (Å²) in [5.41, 5.74) is 1.44. The number of carbonyl (C=O) groups is 3. The van der Waals surface area contributed by atoms with Gasteiger partial charge < -0.3 is 5.32 Å². The number of imide groups is 1. The molecule has 2 heterocycles. The first-order chi connectivity index (χ1) is 14.9. The second kappa shape index (κ2) is 8.23. The standard InChI is InChI=1S/C21H18N4O5S/c1-2-12-8-9-14-16(11-12)31-21(22-14)23-17(26)7-4-10-24-19(27)13-5-3-6-15(25(29)30)18(13)20(24)28/h3,5-6,8-9,11H,2,4,7,10H2,1H3,(H,22,23,26). The lowest BCUT2D eigenvalue weighted by Gasteiger charge is -2.13. The summed E-state index contributed by atoms with van der Waals surface area (Å²) in [5, 5.41) is 14.4. The molecule has 3 aromatic rings. The van der Waals surface area contributed by atoms with Gasteiger partial charge in [-0.15, -0.1) is 0 Å². The van der Waals surface area contributed by atoms with Crippen molar-refractivity contribution in [2.45, 2.75) is 26.2 Å². The fraction of sp³-hybridized carbons (Fsp3) is 0.238. The molecule has 0 atom stereocenters. The quantitative estimate of drug-likeness (QED) is 0.340. The van der Waals surface area contributed by atoms with E-state index in [-0.39, 0.29) is 36.4 Å². The van der Waals surface area contributed by atoms with E-state index >= 15 is 0 Å². The molecule has 0 saturated carbocycles. The molecule has 1 N–H and O–H groups in total. The second-order valence-electron chi connectivity index (χ2n) is 7.05. The first kappa shape index (κ1) is 20.6. The molecule has 0 fully saturated rings. The Balaban J connectivity index is 1.37. The largest absolute Gasteiger partial charge is 0.302 e. The van der Waals surface area contributed by atoms with Gasteiger partial charge in [-0.1, -0.05) is 30.4 Å². The summed E-state index contributed by atoms with van der Waals surface area (Å²) in [6, 6.07) is 9.93. The van der Waals surface area contributed by atoms with Gasteiger partial charge in [0.05, 0.1) is 20.7 Å². The minimum Gasteiger partial charge on any atom is -0.302 e. The van der Waals surface area contributed by atoms with E-state index in [2.05, 4.69) is 17.2 Å². The average molecular weight is 438 g/mol. The smallest absolute Gasteiger partial charge is 0.282 e. The number of nitro groups is 1. The normalized spacial score (nSPS) is 13.0. The highest BCUT2D eigenvalue weighted by Gasteiger charge is 2.40. The maximum Gasteiger partial charge on any atom is 0.282 e. The van der Waals surface area contributed by atoms with Gasteiger partial charge in [0, 0.05) is 19.0 Å². The summed E-state index contributed by atoms with van der Waals surface area (Å²) >= 11 is 1.39. The third-order valence-electron chi connectivity index (χ3n) is 5.07. The average Bonchev–Trinajstić information content (AvgIpc) is 3.26. The van der Waals surface area contributed by atoms with Gasteiger partial charge in [-0.3, -0.25) is 29.4 Å². The van der Waals surface area contributed by atoms with Crippen LogP contribution >= 0.6 is 11.3 Å². The van der Waals surface area contributed by atoms with Crippen LogP contribution in [0.5, 0.6) is 0 Å². The molecule has 0 bridgehead atoms. The lowest BCUT2D eigenvalue weighted by Crippen LogP contribution is -2.31. The molecule has 2 aromatic carbocycles. The molecule has 10 heteroatoms. The first-order valence-electron chi connectivity index (χ1n) is 9.72. The van der Waals surface area contributed by atoms with E-state index in [4.69, 9.17) is 0 Å². The first-order valence-corrected chi connectivity index (χ1v) is 10.5. The molecule has 0 spiro atoms. The Morgan fingerprint density at radius 2 is 2.03 bits per heavy atom. The highest BCUT2D eigenvalue weighted by Crippen LogP contribution is 2.31. The van der Waals surface area contributed by atoms with Gasteiger partial charge in [-0.25, -0.2) is 4.98 Å². The van der Waals surface area contributed by atoms with Gasteiger partial charge in [0.15, 0.2) is 5.13 Å². The number of amides is 3. The number of carbonyl (C=O) groups excluding carboxylic acids is 3. The van der Waals surface area contributed by atoms with Crippen LogP contribution in [-0.2, 0) is 11.2 Å². The van der Waals surface area contributed by atoms with Gasteiger partial charge in [0.2, 0.25) is 5.91 Å². The van der Waals surface area contributed by atoms with Crippen molar-refractivity contribution in [2.24, 2.45) is 0 Å². The number of anilines is 1. The number of hydrogen-bond donors (Lipinski definition) is 1. The third kappa shape index (κ3) is 3.89. The van der Waals surface area contributed by atoms with E-state index in [1.807, 2.05) is 18.2 Å². The number of nitro benzene ring substituents is 1. The molecule has 158 valence electrons. The second-order valence-corrected chi connectivity index (χ2v) is 8.08. The Morgan fingerprint density at radius 3 is 2.77 bits per heavy atom. The number of aryl methyl sites for hydroxylation is 1. The Kier molecular flexibility index (Phi) is 5.47. The van der Waals surface area contributed by atoms with Crippen LogP contribution in [0.4, 0.5) is 10.8 Å². The van der Waals surface area contributed by atoms with Crippen molar-refractivity contribution in [3.05, 3.63) is 63.2 Å². The molecular weight excluding hydrogens is 420 g/mol. The van der Waals surface area contributed by atoms with Crippen LogP contribution in [0.25, 0.3) is 10.2 Å². The third-order valence-corrected chi connectivity index (χ3v) is 6.00. The minimum atomic E-state index is -0.703. The molecule has 3 amide bonds. The van der Waals surface area contributed by atoms with E-state index < -0.39 is 22.4 Å². The zero-order chi connectivity index (χ0) is 22.1. The van der Waals surface area contributed by atoms with Gasteiger partial charge in [0.25, 0.3) is 17.5 Å². The van der Waals surface area contributed by atoms with Crippen molar-refractivity contribution in [3.8, 4) is 0 Å². The number of fused-ring (bicyclic) bond motifs is 2. The van der Waals surface area contributed by atoms with E-state index in [1.54, 1.807) is 0 Å². The van der Waals surface area contributed by atoms with Crippen molar-refractivity contribution in [1.82, 2.24) is 9.88 Å². The van der Waals surface area contributed by atoms with Crippen LogP contribution < -0.4 is 5.32 Å². The molecular formula is C21H18N4O5S. The van der Waals surface area contributed by atoms with Crippen molar-refractivity contribution < 1.29 is 19.3 Å². The van der Waals surface area contributed by atoms with Crippen molar-refractivity contribution in [3.63, 3.8) is 0 Å². The summed E-state index contributed by atoms with van der Waals surface area (Å²) in [4.78, 5) is 53.1. The number of nitrogens with zero attached hydrogens (tertiary/aromatic N) is 3. The zero-order valence-corrected chi connectivity index (χ0v) is 17.4. The van der Waals surface area contributed by atoms with E-state index in [0.29, 0.717) is 5.13 Å². The fourth-order valence-electron chi connectivity index (χ4n) is 3.49. The number of hydrogen-bond acceptors (Lipinski definition) is 7. The SMILES string of the molecule is CCc1ccc2nc(NC(=O)CCCN3C(=O)c4cccc([N+](=O)[O-])c4C3=O)sc2c1. The van der Waals surface area contributed by atoms with Gasteiger partial charge in [-0.2, -0.15) is 0 Å². The van der Waals surface area contributed by atoms with E-state index in [0.717, 1.165) is 21.5 Å². The van der Waals surface area contributed by atoms with Crippen LogP contribution in [-0.4, -0.2) is 39.1 Å². The molecule has 1 aromatic heterocycles. The van der Waals surface area contributed by atoms with Gasteiger partial charge in [0.1, 0.15) is 5.56 Å². The zero-order valence-electron chi connectivity index (χ0n) is 16.6. The number of nitrogens with one attached hydrogen (secondary N) is 1. The predicted octanol–water partition coefficient (Wildman–Crippen LogP) is 3.78. The summed E-state index contributed by atoms with van der Waals surface area (Å²) in [6.07, 6.45) is 1.22. The van der Waals surface area contributed by atoms with Crippen molar-refractivity contribution in [1.29, 1.82) is 0 Å². The number of benzene rings is 2. The van der Waals surface area contributed by atoms with Crippen LogP contribution in [0.15, 0.2) is 36.4 Å². The van der Waals surface area contributed by atoms with E-state index in [1.165, 1.54) is 35.1 Å². The minimum absolute atomic E-state index is 0.00335. The van der Waals surface area contributed by atoms with Gasteiger partial charge >= 0.3 is 0 Å². The Hall–Kier alpha value is -3.66. The molecule has 1 aliphatic heterocycles. The Morgan fingerprint density at radius 1 is 1.23 bits per heavy atom. The molecule has 1 aliphatic rings. The lowest BCUT2D eigenvalue weighted by molar-refractivity contribution is -0.385. The summed E-state index contributed by atoms with van der Waals surface area (Å²) in [5.74, 6) is -1.56.